The first kappa shape index (κ1) is 19.6. The highest BCUT2D eigenvalue weighted by atomic mass is 32.2. The maximum absolute atomic E-state index is 12.2. The summed E-state index contributed by atoms with van der Waals surface area (Å²) < 4.78 is 28.6. The minimum absolute atomic E-state index is 0.192. The smallest absolute Gasteiger partial charge is 0.251 e. The number of nitrogens with one attached hydrogen (secondary N) is 1. The summed E-state index contributed by atoms with van der Waals surface area (Å²) in [4.78, 5) is 12.4. The van der Waals surface area contributed by atoms with Crippen LogP contribution in [0.15, 0.2) is 83.8 Å². The number of carbonyl (C=O) groups excluding carboxylic acids is 1. The minimum atomic E-state index is -3.27. The number of carbonyl (C=O) groups is 1. The molecule has 6 heteroatoms. The van der Waals surface area contributed by atoms with Crippen LogP contribution in [0.4, 0.5) is 0 Å². The van der Waals surface area contributed by atoms with Crippen molar-refractivity contribution in [3.8, 4) is 5.75 Å². The van der Waals surface area contributed by atoms with Gasteiger partial charge in [-0.3, -0.25) is 4.79 Å². The number of hydrogen-bond donors (Lipinski definition) is 1. The van der Waals surface area contributed by atoms with Crippen molar-refractivity contribution in [3.05, 3.63) is 95.6 Å². The summed E-state index contributed by atoms with van der Waals surface area (Å²) in [5, 5.41) is 2.83. The molecule has 1 N–H and O–H groups in total. The summed E-state index contributed by atoms with van der Waals surface area (Å²) in [6.45, 7) is 0.857. The summed E-state index contributed by atoms with van der Waals surface area (Å²) in [5.41, 5.74) is 2.42. The van der Waals surface area contributed by atoms with Gasteiger partial charge in [0, 0.05) is 18.4 Å². The molecule has 3 rings (SSSR count). The van der Waals surface area contributed by atoms with Gasteiger partial charge < -0.3 is 10.1 Å². The normalized spacial score (nSPS) is 11.0. The van der Waals surface area contributed by atoms with Gasteiger partial charge in [0.25, 0.3) is 5.91 Å². The lowest BCUT2D eigenvalue weighted by atomic mass is 10.1. The van der Waals surface area contributed by atoms with Gasteiger partial charge in [0.15, 0.2) is 9.84 Å². The maximum Gasteiger partial charge on any atom is 0.251 e. The van der Waals surface area contributed by atoms with Gasteiger partial charge >= 0.3 is 0 Å². The standard InChI is InChI=1S/C22H21NO4S/c1-28(25,26)21-13-11-19(12-14-21)22(24)23-15-17-7-9-18(10-8-17)16-27-20-5-3-2-4-6-20/h2-14H,15-16H2,1H3,(H,23,24). The third-order valence-corrected chi connectivity index (χ3v) is 5.30. The van der Waals surface area contributed by atoms with Gasteiger partial charge in [-0.2, -0.15) is 0 Å². The van der Waals surface area contributed by atoms with Crippen molar-refractivity contribution >= 4 is 15.7 Å². The Morgan fingerprint density at radius 2 is 1.46 bits per heavy atom. The molecule has 0 saturated heterocycles. The van der Waals surface area contributed by atoms with Crippen molar-refractivity contribution in [3.63, 3.8) is 0 Å². The topological polar surface area (TPSA) is 72.5 Å². The third kappa shape index (κ3) is 5.44. The molecule has 1 amide bonds. The van der Waals surface area contributed by atoms with Gasteiger partial charge in [-0.15, -0.1) is 0 Å². The number of benzene rings is 3. The molecule has 3 aromatic rings. The van der Waals surface area contributed by atoms with Gasteiger partial charge in [0.2, 0.25) is 0 Å². The molecule has 0 atom stereocenters. The van der Waals surface area contributed by atoms with Crippen LogP contribution >= 0.6 is 0 Å². The van der Waals surface area contributed by atoms with Gasteiger partial charge in [0.1, 0.15) is 12.4 Å². The second kappa shape index (κ2) is 8.71. The van der Waals surface area contributed by atoms with Crippen LogP contribution in [0.5, 0.6) is 5.75 Å². The molecular weight excluding hydrogens is 374 g/mol. The van der Waals surface area contributed by atoms with E-state index in [9.17, 15) is 13.2 Å². The van der Waals surface area contributed by atoms with E-state index in [0.717, 1.165) is 23.1 Å². The van der Waals surface area contributed by atoms with Crippen LogP contribution < -0.4 is 10.1 Å². The first-order valence-electron chi connectivity index (χ1n) is 8.76. The molecule has 0 aliphatic heterocycles. The second-order valence-electron chi connectivity index (χ2n) is 6.40. The van der Waals surface area contributed by atoms with E-state index in [1.54, 1.807) is 0 Å². The predicted molar refractivity (Wildman–Crippen MR) is 108 cm³/mol. The average molecular weight is 395 g/mol. The molecule has 0 aliphatic carbocycles. The van der Waals surface area contributed by atoms with Crippen molar-refractivity contribution in [2.75, 3.05) is 6.26 Å². The molecule has 0 aliphatic rings. The van der Waals surface area contributed by atoms with Crippen LogP contribution in [0.2, 0.25) is 0 Å². The van der Waals surface area contributed by atoms with E-state index in [-0.39, 0.29) is 10.8 Å². The van der Waals surface area contributed by atoms with Crippen LogP contribution in [-0.4, -0.2) is 20.6 Å². The molecule has 144 valence electrons. The Morgan fingerprint density at radius 3 is 2.07 bits per heavy atom. The Labute approximate surface area is 164 Å². The van der Waals surface area contributed by atoms with Crippen molar-refractivity contribution in [2.24, 2.45) is 0 Å². The second-order valence-corrected chi connectivity index (χ2v) is 8.41. The number of amides is 1. The highest BCUT2D eigenvalue weighted by Gasteiger charge is 2.09. The Kier molecular flexibility index (Phi) is 6.11. The summed E-state index contributed by atoms with van der Waals surface area (Å²) in [7, 11) is -3.27. The average Bonchev–Trinajstić information content (AvgIpc) is 2.71. The van der Waals surface area contributed by atoms with E-state index >= 15 is 0 Å². The van der Waals surface area contributed by atoms with E-state index in [4.69, 9.17) is 4.74 Å². The van der Waals surface area contributed by atoms with E-state index in [1.165, 1.54) is 24.3 Å². The van der Waals surface area contributed by atoms with E-state index in [0.29, 0.717) is 18.7 Å². The molecule has 5 nitrogen and oxygen atoms in total. The van der Waals surface area contributed by atoms with Crippen molar-refractivity contribution < 1.29 is 17.9 Å². The van der Waals surface area contributed by atoms with Crippen LogP contribution in [0.3, 0.4) is 0 Å². The van der Waals surface area contributed by atoms with Crippen LogP contribution in [0.1, 0.15) is 21.5 Å². The van der Waals surface area contributed by atoms with Gasteiger partial charge in [0.05, 0.1) is 4.90 Å². The van der Waals surface area contributed by atoms with E-state index in [2.05, 4.69) is 5.32 Å². The zero-order valence-electron chi connectivity index (χ0n) is 15.5. The highest BCUT2D eigenvalue weighted by Crippen LogP contribution is 2.13. The Balaban J connectivity index is 1.52. The zero-order chi connectivity index (χ0) is 20.0. The fraction of sp³-hybridized carbons (Fsp3) is 0.136. The maximum atomic E-state index is 12.2. The summed E-state index contributed by atoms with van der Waals surface area (Å²) in [5.74, 6) is 0.567. The fourth-order valence-electron chi connectivity index (χ4n) is 2.57. The lowest BCUT2D eigenvalue weighted by molar-refractivity contribution is 0.0951. The SMILES string of the molecule is CS(=O)(=O)c1ccc(C(=O)NCc2ccc(COc3ccccc3)cc2)cc1. The lowest BCUT2D eigenvalue weighted by Gasteiger charge is -2.08. The minimum Gasteiger partial charge on any atom is -0.489 e. The van der Waals surface area contributed by atoms with Crippen LogP contribution in [0.25, 0.3) is 0 Å². The molecule has 0 radical (unpaired) electrons. The zero-order valence-corrected chi connectivity index (χ0v) is 16.3. The molecule has 0 aromatic heterocycles. The molecular formula is C22H21NO4S. The number of rotatable bonds is 7. The largest absolute Gasteiger partial charge is 0.489 e. The van der Waals surface area contributed by atoms with E-state index in [1.807, 2.05) is 54.6 Å². The van der Waals surface area contributed by atoms with Crippen molar-refractivity contribution in [1.29, 1.82) is 0 Å². The molecule has 0 fully saturated rings. The van der Waals surface area contributed by atoms with Gasteiger partial charge in [-0.1, -0.05) is 42.5 Å². The molecule has 0 saturated carbocycles. The highest BCUT2D eigenvalue weighted by molar-refractivity contribution is 7.90. The summed E-state index contributed by atoms with van der Waals surface area (Å²) in [6.07, 6.45) is 1.14. The number of hydrogen-bond acceptors (Lipinski definition) is 4. The number of ether oxygens (including phenoxy) is 1. The van der Waals surface area contributed by atoms with Crippen molar-refractivity contribution in [2.45, 2.75) is 18.0 Å². The summed E-state index contributed by atoms with van der Waals surface area (Å²) in [6, 6.07) is 23.3. The van der Waals surface area contributed by atoms with E-state index < -0.39 is 9.84 Å². The van der Waals surface area contributed by atoms with Crippen molar-refractivity contribution in [1.82, 2.24) is 5.32 Å². The van der Waals surface area contributed by atoms with Gasteiger partial charge in [-0.05, 0) is 47.5 Å². The number of para-hydroxylation sites is 1. The fourth-order valence-corrected chi connectivity index (χ4v) is 3.21. The molecule has 28 heavy (non-hydrogen) atoms. The Morgan fingerprint density at radius 1 is 0.857 bits per heavy atom. The molecule has 3 aromatic carbocycles. The van der Waals surface area contributed by atoms with Gasteiger partial charge in [-0.25, -0.2) is 8.42 Å². The first-order chi connectivity index (χ1) is 13.4. The first-order valence-corrected chi connectivity index (χ1v) is 10.6. The molecule has 0 heterocycles. The third-order valence-electron chi connectivity index (χ3n) is 4.17. The molecule has 0 unspecified atom stereocenters. The van der Waals surface area contributed by atoms with Crippen LogP contribution in [0, 0.1) is 0 Å². The summed E-state index contributed by atoms with van der Waals surface area (Å²) >= 11 is 0. The quantitative estimate of drug-likeness (QED) is 0.663. The Bertz CT molecular complexity index is 1030. The molecule has 0 bridgehead atoms. The predicted octanol–water partition coefficient (Wildman–Crippen LogP) is 3.60. The number of sulfone groups is 1. The monoisotopic (exact) mass is 395 g/mol. The Hall–Kier alpha value is -3.12. The lowest BCUT2D eigenvalue weighted by Crippen LogP contribution is -2.22. The van der Waals surface area contributed by atoms with Crippen LogP contribution in [-0.2, 0) is 23.0 Å². The molecule has 0 spiro atoms.